The Balaban J connectivity index is 2.48. The second-order valence-corrected chi connectivity index (χ2v) is 7.07. The maximum Gasteiger partial charge on any atom is 0.261 e. The van der Waals surface area contributed by atoms with Gasteiger partial charge in [0.1, 0.15) is 5.82 Å². The third-order valence-electron chi connectivity index (χ3n) is 3.15. The summed E-state index contributed by atoms with van der Waals surface area (Å²) in [6, 6.07) is 2.05. The van der Waals surface area contributed by atoms with E-state index in [1.54, 1.807) is 0 Å². The quantitative estimate of drug-likeness (QED) is 0.788. The first kappa shape index (κ1) is 14.3. The van der Waals surface area contributed by atoms with Crippen LogP contribution in [0, 0.1) is 12.7 Å². The summed E-state index contributed by atoms with van der Waals surface area (Å²) in [4.78, 5) is 13.4. The third kappa shape index (κ3) is 2.90. The average molecular weight is 306 g/mol. The van der Waals surface area contributed by atoms with Gasteiger partial charge in [0.15, 0.2) is 0 Å². The second-order valence-electron chi connectivity index (χ2n) is 4.53. The van der Waals surface area contributed by atoms with Crippen molar-refractivity contribution >= 4 is 25.6 Å². The lowest BCUT2D eigenvalue weighted by Gasteiger charge is -2.16. The zero-order valence-electron chi connectivity index (χ0n) is 10.3. The van der Waals surface area contributed by atoms with Crippen molar-refractivity contribution in [2.75, 3.05) is 13.1 Å². The van der Waals surface area contributed by atoms with Gasteiger partial charge in [0.2, 0.25) is 0 Å². The SMILES string of the molecule is Cc1cc(F)c(C(=O)N2CCCC2)cc1S(=O)(=O)Cl. The zero-order valence-corrected chi connectivity index (χ0v) is 11.9. The minimum absolute atomic E-state index is 0.186. The number of rotatable bonds is 2. The molecule has 0 aliphatic carbocycles. The summed E-state index contributed by atoms with van der Waals surface area (Å²) in [6.45, 7) is 2.56. The van der Waals surface area contributed by atoms with Crippen LogP contribution in [0.25, 0.3) is 0 Å². The Hall–Kier alpha value is -1.14. The predicted molar refractivity (Wildman–Crippen MR) is 69.3 cm³/mol. The molecule has 1 fully saturated rings. The van der Waals surface area contributed by atoms with E-state index in [9.17, 15) is 17.6 Å². The van der Waals surface area contributed by atoms with Crippen LogP contribution in [0.1, 0.15) is 28.8 Å². The number of halogens is 2. The molecule has 2 rings (SSSR count). The first-order chi connectivity index (χ1) is 8.80. The molecule has 0 N–H and O–H groups in total. The minimum atomic E-state index is -3.99. The zero-order chi connectivity index (χ0) is 14.2. The average Bonchev–Trinajstić information content (AvgIpc) is 2.79. The van der Waals surface area contributed by atoms with Gasteiger partial charge in [-0.15, -0.1) is 0 Å². The molecule has 1 saturated heterocycles. The van der Waals surface area contributed by atoms with Crippen molar-refractivity contribution in [3.05, 3.63) is 29.1 Å². The van der Waals surface area contributed by atoms with Gasteiger partial charge in [0.05, 0.1) is 10.5 Å². The maximum atomic E-state index is 13.8. The number of aryl methyl sites for hydroxylation is 1. The Labute approximate surface area is 115 Å². The van der Waals surface area contributed by atoms with Crippen molar-refractivity contribution in [2.45, 2.75) is 24.7 Å². The molecule has 0 unspecified atom stereocenters. The minimum Gasteiger partial charge on any atom is -0.339 e. The topological polar surface area (TPSA) is 54.5 Å². The third-order valence-corrected chi connectivity index (χ3v) is 4.61. The molecule has 1 aromatic rings. The molecule has 0 spiro atoms. The summed E-state index contributed by atoms with van der Waals surface area (Å²) in [6.07, 6.45) is 1.75. The Morgan fingerprint density at radius 1 is 1.32 bits per heavy atom. The number of benzene rings is 1. The number of hydrogen-bond acceptors (Lipinski definition) is 3. The number of carbonyl (C=O) groups is 1. The molecule has 104 valence electrons. The van der Waals surface area contributed by atoms with Gasteiger partial charge in [-0.25, -0.2) is 12.8 Å². The fourth-order valence-corrected chi connectivity index (χ4v) is 3.37. The van der Waals surface area contributed by atoms with E-state index < -0.39 is 20.8 Å². The molecule has 0 atom stereocenters. The van der Waals surface area contributed by atoms with E-state index in [2.05, 4.69) is 0 Å². The molecule has 0 radical (unpaired) electrons. The van der Waals surface area contributed by atoms with Gasteiger partial charge in [-0.3, -0.25) is 4.79 Å². The Kier molecular flexibility index (Phi) is 3.82. The predicted octanol–water partition coefficient (Wildman–Crippen LogP) is 2.30. The molecule has 4 nitrogen and oxygen atoms in total. The van der Waals surface area contributed by atoms with Crippen molar-refractivity contribution in [1.29, 1.82) is 0 Å². The molecule has 0 saturated carbocycles. The molecule has 7 heteroatoms. The summed E-state index contributed by atoms with van der Waals surface area (Å²) in [5.74, 6) is -1.21. The first-order valence-corrected chi connectivity index (χ1v) is 8.15. The summed E-state index contributed by atoms with van der Waals surface area (Å²) in [7, 11) is 1.28. The number of hydrogen-bond donors (Lipinski definition) is 0. The Bertz CT molecular complexity index is 624. The summed E-state index contributed by atoms with van der Waals surface area (Å²) in [5, 5.41) is 0. The van der Waals surface area contributed by atoms with E-state index in [1.807, 2.05) is 0 Å². The van der Waals surface area contributed by atoms with E-state index in [4.69, 9.17) is 10.7 Å². The number of amides is 1. The molecule has 0 bridgehead atoms. The lowest BCUT2D eigenvalue weighted by Crippen LogP contribution is -2.28. The van der Waals surface area contributed by atoms with Crippen LogP contribution in [0.5, 0.6) is 0 Å². The molecule has 1 amide bonds. The highest BCUT2D eigenvalue weighted by Gasteiger charge is 2.25. The fraction of sp³-hybridized carbons (Fsp3) is 0.417. The smallest absolute Gasteiger partial charge is 0.261 e. The van der Waals surface area contributed by atoms with Crippen LogP contribution >= 0.6 is 10.7 Å². The molecule has 1 aliphatic heterocycles. The number of nitrogens with zero attached hydrogens (tertiary/aromatic N) is 1. The van der Waals surface area contributed by atoms with Crippen molar-refractivity contribution in [2.24, 2.45) is 0 Å². The van der Waals surface area contributed by atoms with Crippen LogP contribution in [-0.2, 0) is 9.05 Å². The van der Waals surface area contributed by atoms with Crippen LogP contribution in [0.15, 0.2) is 17.0 Å². The normalized spacial score (nSPS) is 15.8. The van der Waals surface area contributed by atoms with Crippen molar-refractivity contribution in [3.8, 4) is 0 Å². The van der Waals surface area contributed by atoms with E-state index in [-0.39, 0.29) is 16.0 Å². The molecule has 1 heterocycles. The first-order valence-electron chi connectivity index (χ1n) is 5.85. The van der Waals surface area contributed by atoms with Crippen molar-refractivity contribution < 1.29 is 17.6 Å². The fourth-order valence-electron chi connectivity index (χ4n) is 2.17. The lowest BCUT2D eigenvalue weighted by molar-refractivity contribution is 0.0788. The van der Waals surface area contributed by atoms with Gasteiger partial charge in [0.25, 0.3) is 15.0 Å². The molecule has 19 heavy (non-hydrogen) atoms. The van der Waals surface area contributed by atoms with E-state index in [0.29, 0.717) is 13.1 Å². The molecular weight excluding hydrogens is 293 g/mol. The van der Waals surface area contributed by atoms with Crippen molar-refractivity contribution in [3.63, 3.8) is 0 Å². The van der Waals surface area contributed by atoms with Crippen LogP contribution in [0.2, 0.25) is 0 Å². The van der Waals surface area contributed by atoms with Crippen LogP contribution < -0.4 is 0 Å². The summed E-state index contributed by atoms with van der Waals surface area (Å²) >= 11 is 0. The second kappa shape index (κ2) is 5.09. The van der Waals surface area contributed by atoms with E-state index >= 15 is 0 Å². The van der Waals surface area contributed by atoms with Gasteiger partial charge in [-0.05, 0) is 37.5 Å². The van der Waals surface area contributed by atoms with E-state index in [0.717, 1.165) is 25.0 Å². The van der Waals surface area contributed by atoms with E-state index in [1.165, 1.54) is 11.8 Å². The standard InChI is InChI=1S/C12H13ClFNO3S/c1-8-6-10(14)9(7-11(8)19(13,17)18)12(16)15-4-2-3-5-15/h6-7H,2-5H2,1H3. The van der Waals surface area contributed by atoms with Gasteiger partial charge in [0, 0.05) is 23.8 Å². The van der Waals surface area contributed by atoms with Gasteiger partial charge in [-0.2, -0.15) is 0 Å². The largest absolute Gasteiger partial charge is 0.339 e. The highest BCUT2D eigenvalue weighted by molar-refractivity contribution is 8.13. The van der Waals surface area contributed by atoms with Crippen molar-refractivity contribution in [1.82, 2.24) is 4.90 Å². The Morgan fingerprint density at radius 2 is 1.89 bits per heavy atom. The molecule has 0 aromatic heterocycles. The lowest BCUT2D eigenvalue weighted by atomic mass is 10.1. The number of carbonyl (C=O) groups excluding carboxylic acids is 1. The summed E-state index contributed by atoms with van der Waals surface area (Å²) < 4.78 is 36.6. The van der Waals surface area contributed by atoms with Gasteiger partial charge < -0.3 is 4.90 Å². The van der Waals surface area contributed by atoms with Crippen LogP contribution in [0.4, 0.5) is 4.39 Å². The maximum absolute atomic E-state index is 13.8. The molecule has 1 aromatic carbocycles. The Morgan fingerprint density at radius 3 is 2.42 bits per heavy atom. The highest BCUT2D eigenvalue weighted by atomic mass is 35.7. The summed E-state index contributed by atoms with van der Waals surface area (Å²) in [5.41, 5.74) is -0.0582. The van der Waals surface area contributed by atoms with Crippen LogP contribution in [0.3, 0.4) is 0 Å². The monoisotopic (exact) mass is 305 g/mol. The van der Waals surface area contributed by atoms with Crippen LogP contribution in [-0.4, -0.2) is 32.3 Å². The molecular formula is C12H13ClFNO3S. The molecule has 1 aliphatic rings. The van der Waals surface area contributed by atoms with Gasteiger partial charge >= 0.3 is 0 Å². The highest BCUT2D eigenvalue weighted by Crippen LogP contribution is 2.25. The number of likely N-dealkylation sites (tertiary alicyclic amines) is 1. The van der Waals surface area contributed by atoms with Gasteiger partial charge in [-0.1, -0.05) is 0 Å².